The van der Waals surface area contributed by atoms with E-state index in [0.717, 1.165) is 76.5 Å². The van der Waals surface area contributed by atoms with Crippen LogP contribution in [0.15, 0.2) is 24.3 Å². The Morgan fingerprint density at radius 1 is 1.07 bits per heavy atom. The summed E-state index contributed by atoms with van der Waals surface area (Å²) in [4.78, 5) is 17.0. The Hall–Kier alpha value is -1.70. The van der Waals surface area contributed by atoms with Gasteiger partial charge in [0.1, 0.15) is 0 Å². The van der Waals surface area contributed by atoms with Gasteiger partial charge in [0, 0.05) is 51.4 Å². The maximum Gasteiger partial charge on any atom is 0.253 e. The average Bonchev–Trinajstić information content (AvgIpc) is 2.73. The number of benzene rings is 1. The zero-order chi connectivity index (χ0) is 18.9. The van der Waals surface area contributed by atoms with Gasteiger partial charge < -0.3 is 20.3 Å². The summed E-state index contributed by atoms with van der Waals surface area (Å²) >= 11 is 5.37. The lowest BCUT2D eigenvalue weighted by Gasteiger charge is -2.27. The molecule has 0 saturated carbocycles. The fourth-order valence-electron chi connectivity index (χ4n) is 3.49. The third kappa shape index (κ3) is 6.45. The number of likely N-dealkylation sites (tertiary alicyclic amines) is 1. The number of hydrogen-bond donors (Lipinski definition) is 2. The summed E-state index contributed by atoms with van der Waals surface area (Å²) in [6.07, 6.45) is 3.44. The average molecular weight is 391 g/mol. The minimum atomic E-state index is 0.141. The highest BCUT2D eigenvalue weighted by Gasteiger charge is 2.18. The lowest BCUT2D eigenvalue weighted by atomic mass is 10.1. The molecule has 27 heavy (non-hydrogen) atoms. The van der Waals surface area contributed by atoms with Gasteiger partial charge in [0.25, 0.3) is 5.91 Å². The van der Waals surface area contributed by atoms with E-state index >= 15 is 0 Å². The Kier molecular flexibility index (Phi) is 7.86. The standard InChI is InChI=1S/C20H30N4O2S/c25-19(24-8-2-1-3-9-24)18-6-4-5-17(15-18)16-22-20(27)21-7-10-23-11-13-26-14-12-23/h4-6,15H,1-3,7-14,16H2,(H2,21,22,27). The van der Waals surface area contributed by atoms with E-state index < -0.39 is 0 Å². The molecule has 3 rings (SSSR count). The third-order valence-electron chi connectivity index (χ3n) is 5.09. The quantitative estimate of drug-likeness (QED) is 0.720. The summed E-state index contributed by atoms with van der Waals surface area (Å²) in [5.74, 6) is 0.141. The molecule has 0 aromatic heterocycles. The lowest BCUT2D eigenvalue weighted by molar-refractivity contribution is 0.0389. The molecule has 1 amide bonds. The lowest BCUT2D eigenvalue weighted by Crippen LogP contribution is -2.43. The van der Waals surface area contributed by atoms with Crippen LogP contribution in [0.1, 0.15) is 35.2 Å². The van der Waals surface area contributed by atoms with E-state index in [1.165, 1.54) is 6.42 Å². The molecular formula is C20H30N4O2S. The Labute approximate surface area is 167 Å². The van der Waals surface area contributed by atoms with Crippen molar-refractivity contribution in [3.63, 3.8) is 0 Å². The van der Waals surface area contributed by atoms with E-state index in [9.17, 15) is 4.79 Å². The van der Waals surface area contributed by atoms with Gasteiger partial charge in [-0.3, -0.25) is 9.69 Å². The molecule has 0 unspecified atom stereocenters. The predicted octanol–water partition coefficient (Wildman–Crippen LogP) is 1.61. The number of piperidine rings is 1. The monoisotopic (exact) mass is 390 g/mol. The highest BCUT2D eigenvalue weighted by atomic mass is 32.1. The Bertz CT molecular complexity index is 628. The van der Waals surface area contributed by atoms with Crippen LogP contribution in [0.25, 0.3) is 0 Å². The molecule has 2 fully saturated rings. The second-order valence-corrected chi connectivity index (χ2v) is 7.52. The van der Waals surface area contributed by atoms with Crippen molar-refractivity contribution in [3.05, 3.63) is 35.4 Å². The first-order valence-corrected chi connectivity index (χ1v) is 10.3. The van der Waals surface area contributed by atoms with Gasteiger partial charge in [0.15, 0.2) is 5.11 Å². The van der Waals surface area contributed by atoms with Crippen molar-refractivity contribution in [2.24, 2.45) is 0 Å². The first kappa shape index (κ1) is 20.0. The van der Waals surface area contributed by atoms with Crippen molar-refractivity contribution in [1.29, 1.82) is 0 Å². The number of nitrogens with one attached hydrogen (secondary N) is 2. The Morgan fingerprint density at radius 3 is 2.63 bits per heavy atom. The van der Waals surface area contributed by atoms with Crippen LogP contribution in [0.3, 0.4) is 0 Å². The van der Waals surface area contributed by atoms with Gasteiger partial charge >= 0.3 is 0 Å². The summed E-state index contributed by atoms with van der Waals surface area (Å²) in [6.45, 7) is 7.75. The van der Waals surface area contributed by atoms with Gasteiger partial charge in [-0.2, -0.15) is 0 Å². The summed E-state index contributed by atoms with van der Waals surface area (Å²) in [6, 6.07) is 7.85. The zero-order valence-corrected chi connectivity index (χ0v) is 16.7. The van der Waals surface area contributed by atoms with Gasteiger partial charge in [-0.25, -0.2) is 0 Å². The fraction of sp³-hybridized carbons (Fsp3) is 0.600. The molecular weight excluding hydrogens is 360 g/mol. The van der Waals surface area contributed by atoms with Crippen molar-refractivity contribution in [1.82, 2.24) is 20.4 Å². The largest absolute Gasteiger partial charge is 0.379 e. The normalized spacial score (nSPS) is 18.1. The van der Waals surface area contributed by atoms with Gasteiger partial charge in [-0.1, -0.05) is 12.1 Å². The number of rotatable bonds is 6. The second-order valence-electron chi connectivity index (χ2n) is 7.12. The van der Waals surface area contributed by atoms with Crippen molar-refractivity contribution < 1.29 is 9.53 Å². The zero-order valence-electron chi connectivity index (χ0n) is 15.9. The van der Waals surface area contributed by atoms with Gasteiger partial charge in [0.2, 0.25) is 0 Å². The van der Waals surface area contributed by atoms with E-state index in [2.05, 4.69) is 15.5 Å². The first-order valence-electron chi connectivity index (χ1n) is 9.92. The number of morpholine rings is 1. The maximum atomic E-state index is 12.6. The number of amides is 1. The SMILES string of the molecule is O=C(c1cccc(CNC(=S)NCCN2CCOCC2)c1)N1CCCCC1. The summed E-state index contributed by atoms with van der Waals surface area (Å²) in [5.41, 5.74) is 1.83. The van der Waals surface area contributed by atoms with Crippen LogP contribution in [-0.4, -0.2) is 73.3 Å². The molecule has 1 aromatic rings. The number of nitrogens with zero attached hydrogens (tertiary/aromatic N) is 2. The first-order chi connectivity index (χ1) is 13.2. The molecule has 0 radical (unpaired) electrons. The van der Waals surface area contributed by atoms with Crippen LogP contribution < -0.4 is 10.6 Å². The molecule has 0 atom stereocenters. The van der Waals surface area contributed by atoms with E-state index in [1.54, 1.807) is 0 Å². The Morgan fingerprint density at radius 2 is 1.85 bits per heavy atom. The second kappa shape index (κ2) is 10.6. The molecule has 2 heterocycles. The summed E-state index contributed by atoms with van der Waals surface area (Å²) in [5, 5.41) is 7.14. The molecule has 148 valence electrons. The minimum absolute atomic E-state index is 0.141. The molecule has 6 nitrogen and oxygen atoms in total. The van der Waals surface area contributed by atoms with Crippen molar-refractivity contribution in [2.75, 3.05) is 52.5 Å². The molecule has 2 saturated heterocycles. The van der Waals surface area contributed by atoms with E-state index in [1.807, 2.05) is 29.2 Å². The number of thiocarbonyl (C=S) groups is 1. The highest BCUT2D eigenvalue weighted by Crippen LogP contribution is 2.14. The number of ether oxygens (including phenoxy) is 1. The van der Waals surface area contributed by atoms with Crippen molar-refractivity contribution in [3.8, 4) is 0 Å². The molecule has 0 aliphatic carbocycles. The Balaban J connectivity index is 1.40. The van der Waals surface area contributed by atoms with E-state index in [0.29, 0.717) is 11.7 Å². The summed E-state index contributed by atoms with van der Waals surface area (Å²) < 4.78 is 5.35. The van der Waals surface area contributed by atoms with E-state index in [4.69, 9.17) is 17.0 Å². The molecule has 0 spiro atoms. The molecule has 7 heteroatoms. The van der Waals surface area contributed by atoms with Crippen LogP contribution in [0.5, 0.6) is 0 Å². The fourth-order valence-corrected chi connectivity index (χ4v) is 3.67. The maximum absolute atomic E-state index is 12.6. The molecule has 2 aliphatic heterocycles. The van der Waals surface area contributed by atoms with Crippen molar-refractivity contribution >= 4 is 23.2 Å². The van der Waals surface area contributed by atoms with Crippen LogP contribution in [0.2, 0.25) is 0 Å². The number of carbonyl (C=O) groups is 1. The number of carbonyl (C=O) groups excluding carboxylic acids is 1. The smallest absolute Gasteiger partial charge is 0.253 e. The minimum Gasteiger partial charge on any atom is -0.379 e. The molecule has 2 aliphatic rings. The molecule has 2 N–H and O–H groups in total. The highest BCUT2D eigenvalue weighted by molar-refractivity contribution is 7.80. The third-order valence-corrected chi connectivity index (χ3v) is 5.38. The van der Waals surface area contributed by atoms with Gasteiger partial charge in [-0.05, 0) is 49.2 Å². The molecule has 0 bridgehead atoms. The number of hydrogen-bond acceptors (Lipinski definition) is 4. The topological polar surface area (TPSA) is 56.8 Å². The van der Waals surface area contributed by atoms with Crippen LogP contribution in [0, 0.1) is 0 Å². The summed E-state index contributed by atoms with van der Waals surface area (Å²) in [7, 11) is 0. The van der Waals surface area contributed by atoms with Crippen LogP contribution >= 0.6 is 12.2 Å². The van der Waals surface area contributed by atoms with E-state index in [-0.39, 0.29) is 5.91 Å². The van der Waals surface area contributed by atoms with Crippen molar-refractivity contribution in [2.45, 2.75) is 25.8 Å². The predicted molar refractivity (Wildman–Crippen MR) is 111 cm³/mol. The van der Waals surface area contributed by atoms with Crippen LogP contribution in [0.4, 0.5) is 0 Å². The van der Waals surface area contributed by atoms with Crippen LogP contribution in [-0.2, 0) is 11.3 Å². The molecule has 1 aromatic carbocycles. The van der Waals surface area contributed by atoms with Gasteiger partial charge in [-0.15, -0.1) is 0 Å². The van der Waals surface area contributed by atoms with Gasteiger partial charge in [0.05, 0.1) is 13.2 Å².